The number of ether oxygens (including phenoxy) is 1. The molecule has 2 amide bonds. The van der Waals surface area contributed by atoms with Gasteiger partial charge in [0, 0.05) is 13.0 Å². The molecule has 178 valence electrons. The zero-order valence-electron chi connectivity index (χ0n) is 18.6. The molecule has 2 aromatic carbocycles. The number of carbonyl (C=O) groups is 2. The van der Waals surface area contributed by atoms with Crippen LogP contribution in [-0.4, -0.2) is 37.7 Å². The van der Waals surface area contributed by atoms with Crippen molar-refractivity contribution in [2.75, 3.05) is 13.2 Å². The Balaban J connectivity index is 1.56. The quantitative estimate of drug-likeness (QED) is 0.499. The molecule has 1 aliphatic rings. The van der Waals surface area contributed by atoms with Crippen LogP contribution in [0.3, 0.4) is 0 Å². The Kier molecular flexibility index (Phi) is 6.99. The molecule has 0 bridgehead atoms. The predicted molar refractivity (Wildman–Crippen MR) is 123 cm³/mol. The highest BCUT2D eigenvalue weighted by molar-refractivity contribution is 7.89. The summed E-state index contributed by atoms with van der Waals surface area (Å²) in [5, 5.41) is 0. The fourth-order valence-corrected chi connectivity index (χ4v) is 5.57. The number of amides is 2. The van der Waals surface area contributed by atoms with Gasteiger partial charge >= 0.3 is 5.91 Å². The van der Waals surface area contributed by atoms with Crippen molar-refractivity contribution in [2.24, 2.45) is 0 Å². The second-order valence-corrected chi connectivity index (χ2v) is 9.56. The number of hydrogen-bond donors (Lipinski definition) is 2. The average molecular weight is 484 g/mol. The summed E-state index contributed by atoms with van der Waals surface area (Å²) >= 11 is 0. The lowest BCUT2D eigenvalue weighted by Gasteiger charge is -2.36. The van der Waals surface area contributed by atoms with Gasteiger partial charge < -0.3 is 9.15 Å². The van der Waals surface area contributed by atoms with Crippen molar-refractivity contribution in [3.8, 4) is 5.75 Å². The molecule has 34 heavy (non-hydrogen) atoms. The Morgan fingerprint density at radius 2 is 1.82 bits per heavy atom. The van der Waals surface area contributed by atoms with E-state index < -0.39 is 27.9 Å². The number of nitrogens with zero attached hydrogens (tertiary/aromatic N) is 1. The van der Waals surface area contributed by atoms with E-state index in [-0.39, 0.29) is 23.6 Å². The smallest absolute Gasteiger partial charge is 0.305 e. The third kappa shape index (κ3) is 4.97. The lowest BCUT2D eigenvalue weighted by Crippen LogP contribution is -2.45. The zero-order chi connectivity index (χ0) is 24.1. The molecule has 2 N–H and O–H groups in total. The van der Waals surface area contributed by atoms with Crippen molar-refractivity contribution in [3.63, 3.8) is 0 Å². The Labute approximate surface area is 197 Å². The molecular weight excluding hydrogens is 458 g/mol. The van der Waals surface area contributed by atoms with Crippen LogP contribution >= 0.6 is 0 Å². The molecule has 0 radical (unpaired) electrons. The maximum Gasteiger partial charge on any atom is 0.305 e. The highest BCUT2D eigenvalue weighted by atomic mass is 32.2. The molecule has 0 aliphatic carbocycles. The van der Waals surface area contributed by atoms with E-state index in [4.69, 9.17) is 9.15 Å². The van der Waals surface area contributed by atoms with Crippen LogP contribution in [0.1, 0.15) is 41.1 Å². The standard InChI is InChI=1S/C24H25N3O6S/c1-2-32-18-9-11-19(12-10-18)34(30,31)27-14-13-17-6-3-4-7-20(17)21(27)16-23(28)25-26-24(29)22-8-5-15-33-22/h3-12,15,21H,2,13-14,16H2,1H3,(H,25,28)(H,26,29). The molecule has 3 aromatic rings. The second kappa shape index (κ2) is 10.1. The number of sulfonamides is 1. The van der Waals surface area contributed by atoms with E-state index in [0.717, 1.165) is 11.1 Å². The summed E-state index contributed by atoms with van der Waals surface area (Å²) in [4.78, 5) is 24.9. The van der Waals surface area contributed by atoms with Crippen LogP contribution in [0.4, 0.5) is 0 Å². The maximum absolute atomic E-state index is 13.6. The number of nitrogens with one attached hydrogen (secondary N) is 2. The van der Waals surface area contributed by atoms with Crippen LogP contribution in [0.25, 0.3) is 0 Å². The number of hydrazine groups is 1. The Morgan fingerprint density at radius 3 is 2.53 bits per heavy atom. The lowest BCUT2D eigenvalue weighted by molar-refractivity contribution is -0.122. The number of fused-ring (bicyclic) bond motifs is 1. The van der Waals surface area contributed by atoms with Gasteiger partial charge in [0.15, 0.2) is 5.76 Å². The molecule has 9 nitrogen and oxygen atoms in total. The molecule has 0 spiro atoms. The van der Waals surface area contributed by atoms with Gasteiger partial charge in [0.05, 0.1) is 23.8 Å². The first-order valence-corrected chi connectivity index (χ1v) is 12.3. The van der Waals surface area contributed by atoms with Crippen molar-refractivity contribution < 1.29 is 27.2 Å². The minimum atomic E-state index is -3.90. The van der Waals surface area contributed by atoms with E-state index in [2.05, 4.69) is 10.9 Å². The highest BCUT2D eigenvalue weighted by Gasteiger charge is 2.37. The zero-order valence-corrected chi connectivity index (χ0v) is 19.4. The molecule has 0 fully saturated rings. The van der Waals surface area contributed by atoms with Crippen LogP contribution in [0.5, 0.6) is 5.75 Å². The fourth-order valence-electron chi connectivity index (χ4n) is 3.96. The number of hydrogen-bond acceptors (Lipinski definition) is 6. The van der Waals surface area contributed by atoms with E-state index in [1.165, 1.54) is 28.8 Å². The lowest BCUT2D eigenvalue weighted by atomic mass is 9.92. The second-order valence-electron chi connectivity index (χ2n) is 7.67. The maximum atomic E-state index is 13.6. The van der Waals surface area contributed by atoms with Gasteiger partial charge in [-0.15, -0.1) is 0 Å². The number of rotatable bonds is 7. The van der Waals surface area contributed by atoms with Gasteiger partial charge in [-0.2, -0.15) is 4.31 Å². The first kappa shape index (κ1) is 23.5. The van der Waals surface area contributed by atoms with Gasteiger partial charge in [-0.05, 0) is 60.9 Å². The molecule has 2 heterocycles. The number of carbonyl (C=O) groups excluding carboxylic acids is 2. The molecule has 10 heteroatoms. The first-order valence-electron chi connectivity index (χ1n) is 10.9. The molecule has 0 saturated carbocycles. The van der Waals surface area contributed by atoms with Crippen LogP contribution < -0.4 is 15.6 Å². The van der Waals surface area contributed by atoms with E-state index in [1.54, 1.807) is 18.2 Å². The predicted octanol–water partition coefficient (Wildman–Crippen LogP) is 2.82. The summed E-state index contributed by atoms with van der Waals surface area (Å²) in [6, 6.07) is 16.0. The topological polar surface area (TPSA) is 118 Å². The molecule has 1 aliphatic heterocycles. The van der Waals surface area contributed by atoms with Gasteiger partial charge in [0.1, 0.15) is 5.75 Å². The number of benzene rings is 2. The fraction of sp³-hybridized carbons (Fsp3) is 0.250. The summed E-state index contributed by atoms with van der Waals surface area (Å²) in [5.74, 6) is -0.522. The largest absolute Gasteiger partial charge is 0.494 e. The van der Waals surface area contributed by atoms with Crippen LogP contribution in [0, 0.1) is 0 Å². The average Bonchev–Trinajstić information content (AvgIpc) is 3.38. The number of furan rings is 1. The third-order valence-corrected chi connectivity index (χ3v) is 7.47. The van der Waals surface area contributed by atoms with E-state index >= 15 is 0 Å². The van der Waals surface area contributed by atoms with Crippen molar-refractivity contribution in [1.29, 1.82) is 0 Å². The van der Waals surface area contributed by atoms with E-state index in [0.29, 0.717) is 18.8 Å². The molecule has 1 aromatic heterocycles. The van der Waals surface area contributed by atoms with E-state index in [9.17, 15) is 18.0 Å². The van der Waals surface area contributed by atoms with Gasteiger partial charge in [0.25, 0.3) is 0 Å². The molecule has 1 atom stereocenters. The van der Waals surface area contributed by atoms with Crippen LogP contribution in [0.2, 0.25) is 0 Å². The summed E-state index contributed by atoms with van der Waals surface area (Å²) in [5.41, 5.74) is 6.38. The monoisotopic (exact) mass is 483 g/mol. The summed E-state index contributed by atoms with van der Waals surface area (Å²) in [6.45, 7) is 2.55. The summed E-state index contributed by atoms with van der Waals surface area (Å²) < 4.78 is 38.9. The molecular formula is C24H25N3O6S. The van der Waals surface area contributed by atoms with Gasteiger partial charge in [-0.1, -0.05) is 24.3 Å². The molecule has 0 saturated heterocycles. The van der Waals surface area contributed by atoms with Crippen LogP contribution in [0.15, 0.2) is 76.2 Å². The van der Waals surface area contributed by atoms with Crippen molar-refractivity contribution in [1.82, 2.24) is 15.2 Å². The van der Waals surface area contributed by atoms with Gasteiger partial charge in [-0.25, -0.2) is 8.42 Å². The van der Waals surface area contributed by atoms with Crippen molar-refractivity contribution in [3.05, 3.63) is 83.8 Å². The molecule has 1 unspecified atom stereocenters. The Hall–Kier alpha value is -3.63. The minimum Gasteiger partial charge on any atom is -0.494 e. The highest BCUT2D eigenvalue weighted by Crippen LogP contribution is 2.36. The SMILES string of the molecule is CCOc1ccc(S(=O)(=O)N2CCc3ccccc3C2CC(=O)NNC(=O)c2ccco2)cc1. The van der Waals surface area contributed by atoms with Crippen molar-refractivity contribution in [2.45, 2.75) is 30.7 Å². The third-order valence-electron chi connectivity index (χ3n) is 5.54. The van der Waals surface area contributed by atoms with E-state index in [1.807, 2.05) is 31.2 Å². The van der Waals surface area contributed by atoms with Gasteiger partial charge in [-0.3, -0.25) is 20.4 Å². The Bertz CT molecular complexity index is 1260. The summed E-state index contributed by atoms with van der Waals surface area (Å²) in [7, 11) is -3.90. The molecule has 4 rings (SSSR count). The van der Waals surface area contributed by atoms with Crippen LogP contribution in [-0.2, 0) is 21.2 Å². The Morgan fingerprint density at radius 1 is 1.06 bits per heavy atom. The first-order chi connectivity index (χ1) is 16.4. The normalized spacial score (nSPS) is 15.9. The van der Waals surface area contributed by atoms with Crippen molar-refractivity contribution >= 4 is 21.8 Å². The minimum absolute atomic E-state index is 0.0445. The summed E-state index contributed by atoms with van der Waals surface area (Å²) in [6.07, 6.45) is 1.70. The van der Waals surface area contributed by atoms with Gasteiger partial charge in [0.2, 0.25) is 15.9 Å².